The van der Waals surface area contributed by atoms with Crippen LogP contribution in [0.25, 0.3) is 22.0 Å². The quantitative estimate of drug-likeness (QED) is 0.632. The number of hydrogen-bond donors (Lipinski definition) is 0. The molecule has 0 aliphatic carbocycles. The van der Waals surface area contributed by atoms with Crippen molar-refractivity contribution < 1.29 is 0 Å². The lowest BCUT2D eigenvalue weighted by Gasteiger charge is -2.03. The highest BCUT2D eigenvalue weighted by Gasteiger charge is 2.01. The molecule has 17 heavy (non-hydrogen) atoms. The fourth-order valence-electron chi connectivity index (χ4n) is 1.78. The van der Waals surface area contributed by atoms with Gasteiger partial charge in [-0.15, -0.1) is 0 Å². The van der Waals surface area contributed by atoms with Crippen molar-refractivity contribution >= 4 is 33.4 Å². The van der Waals surface area contributed by atoms with Crippen LogP contribution in [0.15, 0.2) is 55.0 Å². The highest BCUT2D eigenvalue weighted by molar-refractivity contribution is 14.1. The van der Waals surface area contributed by atoms with Gasteiger partial charge in [0.25, 0.3) is 0 Å². The van der Waals surface area contributed by atoms with Crippen LogP contribution in [-0.2, 0) is 0 Å². The Hall–Kier alpha value is -1.49. The summed E-state index contributed by atoms with van der Waals surface area (Å²) in [6.45, 7) is 0. The molecular weight excluding hydrogens is 323 g/mol. The van der Waals surface area contributed by atoms with E-state index >= 15 is 0 Å². The molecule has 0 bridgehead atoms. The van der Waals surface area contributed by atoms with Gasteiger partial charge in [-0.2, -0.15) is 0 Å². The third kappa shape index (κ3) is 2.15. The summed E-state index contributed by atoms with van der Waals surface area (Å²) in [5, 5.41) is 2.24. The monoisotopic (exact) mass is 332 g/mol. The van der Waals surface area contributed by atoms with Crippen molar-refractivity contribution in [3.8, 4) is 11.3 Å². The average molecular weight is 332 g/mol. The molecule has 82 valence electrons. The minimum atomic E-state index is 0.990. The Labute approximate surface area is 113 Å². The first kappa shape index (κ1) is 10.7. The second kappa shape index (κ2) is 4.41. The van der Waals surface area contributed by atoms with Gasteiger partial charge < -0.3 is 0 Å². The van der Waals surface area contributed by atoms with Crippen LogP contribution >= 0.6 is 22.6 Å². The van der Waals surface area contributed by atoms with Gasteiger partial charge in [-0.1, -0.05) is 12.1 Å². The minimum absolute atomic E-state index is 0.990. The molecule has 2 heterocycles. The Kier molecular flexibility index (Phi) is 2.76. The first-order valence-corrected chi connectivity index (χ1v) is 6.36. The first-order valence-electron chi connectivity index (χ1n) is 5.29. The van der Waals surface area contributed by atoms with Gasteiger partial charge in [0.1, 0.15) is 0 Å². The van der Waals surface area contributed by atoms with Crippen molar-refractivity contribution in [2.24, 2.45) is 0 Å². The molecule has 2 nitrogen and oxygen atoms in total. The predicted molar refractivity (Wildman–Crippen MR) is 77.7 cm³/mol. The maximum atomic E-state index is 4.49. The van der Waals surface area contributed by atoms with Crippen LogP contribution in [0.5, 0.6) is 0 Å². The minimum Gasteiger partial charge on any atom is -0.264 e. The van der Waals surface area contributed by atoms with E-state index in [9.17, 15) is 0 Å². The second-order valence-corrected chi connectivity index (χ2v) is 5.05. The summed E-state index contributed by atoms with van der Waals surface area (Å²) < 4.78 is 1.22. The lowest BCUT2D eigenvalue weighted by molar-refractivity contribution is 1.32. The fraction of sp³-hybridized carbons (Fsp3) is 0. The van der Waals surface area contributed by atoms with Crippen molar-refractivity contribution in [2.75, 3.05) is 0 Å². The molecule has 0 atom stereocenters. The SMILES string of the molecule is Ic1cccc(-c2cc3cnccc3cn2)c1. The molecule has 0 amide bonds. The topological polar surface area (TPSA) is 25.8 Å². The highest BCUT2D eigenvalue weighted by Crippen LogP contribution is 2.22. The molecule has 0 saturated heterocycles. The molecule has 1 aromatic carbocycles. The predicted octanol–water partition coefficient (Wildman–Crippen LogP) is 3.90. The van der Waals surface area contributed by atoms with E-state index in [0.29, 0.717) is 0 Å². The van der Waals surface area contributed by atoms with E-state index < -0.39 is 0 Å². The number of pyridine rings is 2. The summed E-state index contributed by atoms with van der Waals surface area (Å²) in [6.07, 6.45) is 5.55. The summed E-state index contributed by atoms with van der Waals surface area (Å²) in [6, 6.07) is 12.4. The van der Waals surface area contributed by atoms with Crippen molar-refractivity contribution in [3.05, 3.63) is 58.6 Å². The third-order valence-corrected chi connectivity index (χ3v) is 3.31. The van der Waals surface area contributed by atoms with Gasteiger partial charge in [0.15, 0.2) is 0 Å². The maximum Gasteiger partial charge on any atom is 0.0709 e. The zero-order chi connectivity index (χ0) is 11.7. The van der Waals surface area contributed by atoms with E-state index in [4.69, 9.17) is 0 Å². The summed E-state index contributed by atoms with van der Waals surface area (Å²) >= 11 is 2.31. The summed E-state index contributed by atoms with van der Waals surface area (Å²) in [7, 11) is 0. The van der Waals surface area contributed by atoms with Crippen LogP contribution in [0.3, 0.4) is 0 Å². The van der Waals surface area contributed by atoms with Gasteiger partial charge in [-0.25, -0.2) is 0 Å². The lowest BCUT2D eigenvalue weighted by Crippen LogP contribution is -1.85. The molecule has 0 fully saturated rings. The molecule has 0 unspecified atom stereocenters. The molecule has 2 aromatic heterocycles. The summed E-state index contributed by atoms with van der Waals surface area (Å²) in [4.78, 5) is 8.62. The molecule has 3 heteroatoms. The van der Waals surface area contributed by atoms with Crippen LogP contribution in [0.4, 0.5) is 0 Å². The fourth-order valence-corrected chi connectivity index (χ4v) is 2.33. The highest BCUT2D eigenvalue weighted by atomic mass is 127. The van der Waals surface area contributed by atoms with Gasteiger partial charge >= 0.3 is 0 Å². The largest absolute Gasteiger partial charge is 0.264 e. The van der Waals surface area contributed by atoms with E-state index in [1.54, 1.807) is 6.20 Å². The van der Waals surface area contributed by atoms with E-state index in [-0.39, 0.29) is 0 Å². The van der Waals surface area contributed by atoms with Gasteiger partial charge in [0.05, 0.1) is 5.69 Å². The Bertz CT molecular complexity index is 680. The summed E-state index contributed by atoms with van der Waals surface area (Å²) in [5.74, 6) is 0. The van der Waals surface area contributed by atoms with Crippen LogP contribution in [0, 0.1) is 3.57 Å². The average Bonchev–Trinajstić information content (AvgIpc) is 2.38. The van der Waals surface area contributed by atoms with Gasteiger partial charge in [0.2, 0.25) is 0 Å². The molecule has 0 saturated carbocycles. The van der Waals surface area contributed by atoms with Crippen molar-refractivity contribution in [1.29, 1.82) is 0 Å². The van der Waals surface area contributed by atoms with Gasteiger partial charge in [0, 0.05) is 38.5 Å². The number of fused-ring (bicyclic) bond motifs is 1. The van der Waals surface area contributed by atoms with Crippen molar-refractivity contribution in [3.63, 3.8) is 0 Å². The van der Waals surface area contributed by atoms with Crippen LogP contribution in [0.2, 0.25) is 0 Å². The molecule has 0 aliphatic heterocycles. The zero-order valence-electron chi connectivity index (χ0n) is 8.97. The molecule has 0 spiro atoms. The van der Waals surface area contributed by atoms with E-state index in [0.717, 1.165) is 22.0 Å². The number of hydrogen-bond acceptors (Lipinski definition) is 2. The normalized spacial score (nSPS) is 10.6. The number of halogens is 1. The molecular formula is C14H9IN2. The van der Waals surface area contributed by atoms with Crippen LogP contribution in [-0.4, -0.2) is 9.97 Å². The smallest absolute Gasteiger partial charge is 0.0709 e. The Morgan fingerprint density at radius 3 is 2.76 bits per heavy atom. The maximum absolute atomic E-state index is 4.49. The first-order chi connectivity index (χ1) is 8.33. The molecule has 0 N–H and O–H groups in total. The second-order valence-electron chi connectivity index (χ2n) is 3.80. The van der Waals surface area contributed by atoms with E-state index in [1.165, 1.54) is 3.57 Å². The van der Waals surface area contributed by atoms with Crippen molar-refractivity contribution in [1.82, 2.24) is 9.97 Å². The Balaban J connectivity index is 2.18. The van der Waals surface area contributed by atoms with Crippen LogP contribution < -0.4 is 0 Å². The lowest BCUT2D eigenvalue weighted by atomic mass is 10.1. The standard InChI is InChI=1S/C14H9IN2/c15-13-3-1-2-10(6-13)14-7-12-8-16-5-4-11(12)9-17-14/h1-9H. The molecule has 0 aliphatic rings. The number of rotatable bonds is 1. The van der Waals surface area contributed by atoms with E-state index in [2.05, 4.69) is 56.8 Å². The molecule has 3 rings (SSSR count). The molecule has 3 aromatic rings. The van der Waals surface area contributed by atoms with Crippen molar-refractivity contribution in [2.45, 2.75) is 0 Å². The zero-order valence-corrected chi connectivity index (χ0v) is 11.1. The third-order valence-electron chi connectivity index (χ3n) is 2.64. The van der Waals surface area contributed by atoms with Gasteiger partial charge in [-0.3, -0.25) is 9.97 Å². The summed E-state index contributed by atoms with van der Waals surface area (Å²) in [5.41, 5.74) is 2.13. The number of benzene rings is 1. The van der Waals surface area contributed by atoms with E-state index in [1.807, 2.05) is 24.5 Å². The van der Waals surface area contributed by atoms with Gasteiger partial charge in [-0.05, 0) is 46.9 Å². The number of nitrogens with zero attached hydrogens (tertiary/aromatic N) is 2. The van der Waals surface area contributed by atoms with Crippen LogP contribution in [0.1, 0.15) is 0 Å². The number of aromatic nitrogens is 2. The Morgan fingerprint density at radius 1 is 0.941 bits per heavy atom. The Morgan fingerprint density at radius 2 is 1.88 bits per heavy atom. The molecule has 0 radical (unpaired) electrons.